The highest BCUT2D eigenvalue weighted by molar-refractivity contribution is 5.67. The molecule has 1 unspecified atom stereocenters. The van der Waals surface area contributed by atoms with Crippen LogP contribution in [0.3, 0.4) is 0 Å². The zero-order valence-electron chi connectivity index (χ0n) is 12.2. The summed E-state index contributed by atoms with van der Waals surface area (Å²) < 4.78 is 5.58. The molecule has 0 aliphatic rings. The number of nitrogens with two attached hydrogens (primary N) is 1. The molecule has 1 atom stereocenters. The fraction of sp³-hybridized carbons (Fsp3) is 0.188. The highest BCUT2D eigenvalue weighted by Gasteiger charge is 2.10. The van der Waals surface area contributed by atoms with Crippen LogP contribution in [0.5, 0.6) is 5.75 Å². The van der Waals surface area contributed by atoms with E-state index < -0.39 is 16.9 Å². The summed E-state index contributed by atoms with van der Waals surface area (Å²) in [5.41, 5.74) is 7.33. The number of rotatable bonds is 7. The van der Waals surface area contributed by atoms with Gasteiger partial charge in [-0.05, 0) is 35.4 Å². The Bertz CT molecular complexity index is 683. The molecule has 23 heavy (non-hydrogen) atoms. The molecule has 0 fully saturated rings. The second-order valence-corrected chi connectivity index (χ2v) is 4.99. The fourth-order valence-electron chi connectivity index (χ4n) is 2.00. The number of nitro benzene ring substituents is 1. The molecule has 2 aromatic carbocycles. The molecule has 0 bridgehead atoms. The van der Waals surface area contributed by atoms with Gasteiger partial charge in [-0.25, -0.2) is 0 Å². The summed E-state index contributed by atoms with van der Waals surface area (Å²) in [5, 5.41) is 19.3. The van der Waals surface area contributed by atoms with E-state index in [0.717, 1.165) is 11.1 Å². The van der Waals surface area contributed by atoms with E-state index in [1.807, 2.05) is 0 Å². The number of aliphatic carboxylic acids is 1. The van der Waals surface area contributed by atoms with Crippen molar-refractivity contribution >= 4 is 11.7 Å². The Morgan fingerprint density at radius 3 is 2.30 bits per heavy atom. The molecular formula is C16H16N2O5. The Kier molecular flexibility index (Phi) is 5.27. The summed E-state index contributed by atoms with van der Waals surface area (Å²) in [6, 6.07) is 12.4. The minimum absolute atomic E-state index is 0.0329. The molecule has 2 rings (SSSR count). The number of carbonyl (C=O) groups is 1. The van der Waals surface area contributed by atoms with E-state index in [-0.39, 0.29) is 18.7 Å². The quantitative estimate of drug-likeness (QED) is 0.599. The van der Waals surface area contributed by atoms with Gasteiger partial charge in [0.05, 0.1) is 11.3 Å². The van der Waals surface area contributed by atoms with Gasteiger partial charge in [0.1, 0.15) is 12.4 Å². The largest absolute Gasteiger partial charge is 0.489 e. The van der Waals surface area contributed by atoms with Crippen molar-refractivity contribution in [3.8, 4) is 5.75 Å². The van der Waals surface area contributed by atoms with Gasteiger partial charge in [-0.2, -0.15) is 0 Å². The van der Waals surface area contributed by atoms with Gasteiger partial charge >= 0.3 is 5.97 Å². The van der Waals surface area contributed by atoms with Crippen molar-refractivity contribution in [3.63, 3.8) is 0 Å². The average Bonchev–Trinajstić information content (AvgIpc) is 2.53. The number of hydrogen-bond acceptors (Lipinski definition) is 5. The summed E-state index contributed by atoms with van der Waals surface area (Å²) in [5.74, 6) is -0.342. The predicted molar refractivity (Wildman–Crippen MR) is 83.1 cm³/mol. The predicted octanol–water partition coefficient (Wildman–Crippen LogP) is 2.65. The molecule has 0 heterocycles. The smallest absolute Gasteiger partial charge is 0.305 e. The van der Waals surface area contributed by atoms with E-state index in [9.17, 15) is 14.9 Å². The van der Waals surface area contributed by atoms with Crippen molar-refractivity contribution in [2.45, 2.75) is 19.1 Å². The molecule has 0 saturated heterocycles. The summed E-state index contributed by atoms with van der Waals surface area (Å²) >= 11 is 0. The van der Waals surface area contributed by atoms with Crippen LogP contribution in [0, 0.1) is 10.1 Å². The van der Waals surface area contributed by atoms with Gasteiger partial charge in [0.2, 0.25) is 0 Å². The standard InChI is InChI=1S/C16H16N2O5/c17-15(9-16(19)20)12-3-7-14(8-4-12)23-10-11-1-5-13(6-2-11)18(21)22/h1-8,15H,9-10,17H2,(H,19,20). The van der Waals surface area contributed by atoms with Gasteiger partial charge in [-0.15, -0.1) is 0 Å². The molecule has 0 amide bonds. The van der Waals surface area contributed by atoms with E-state index in [1.54, 1.807) is 36.4 Å². The van der Waals surface area contributed by atoms with Crippen molar-refractivity contribution in [1.29, 1.82) is 0 Å². The first-order valence-electron chi connectivity index (χ1n) is 6.89. The van der Waals surface area contributed by atoms with Gasteiger partial charge in [0.15, 0.2) is 0 Å². The summed E-state index contributed by atoms with van der Waals surface area (Å²) in [4.78, 5) is 20.7. The lowest BCUT2D eigenvalue weighted by molar-refractivity contribution is -0.384. The number of nitro groups is 1. The maximum absolute atomic E-state index is 10.6. The Hall–Kier alpha value is -2.93. The zero-order valence-corrected chi connectivity index (χ0v) is 12.2. The Balaban J connectivity index is 1.93. The number of hydrogen-bond donors (Lipinski definition) is 2. The maximum atomic E-state index is 10.6. The van der Waals surface area contributed by atoms with Crippen LogP contribution in [-0.2, 0) is 11.4 Å². The Labute approximate surface area is 132 Å². The van der Waals surface area contributed by atoms with Crippen molar-refractivity contribution in [3.05, 3.63) is 69.8 Å². The summed E-state index contributed by atoms with van der Waals surface area (Å²) in [6.07, 6.45) is -0.136. The molecule has 2 aromatic rings. The van der Waals surface area contributed by atoms with Crippen molar-refractivity contribution in [1.82, 2.24) is 0 Å². The van der Waals surface area contributed by atoms with Gasteiger partial charge in [0, 0.05) is 18.2 Å². The minimum atomic E-state index is -0.948. The van der Waals surface area contributed by atoms with E-state index in [2.05, 4.69) is 0 Å². The van der Waals surface area contributed by atoms with Crippen molar-refractivity contribution in [2.24, 2.45) is 5.73 Å². The number of carboxylic acids is 1. The van der Waals surface area contributed by atoms with Crippen LogP contribution in [0.4, 0.5) is 5.69 Å². The molecular weight excluding hydrogens is 300 g/mol. The second kappa shape index (κ2) is 7.37. The summed E-state index contributed by atoms with van der Waals surface area (Å²) in [6.45, 7) is 0.276. The minimum Gasteiger partial charge on any atom is -0.489 e. The van der Waals surface area contributed by atoms with E-state index >= 15 is 0 Å². The van der Waals surface area contributed by atoms with Crippen LogP contribution in [-0.4, -0.2) is 16.0 Å². The number of carboxylic acid groups (broad SMARTS) is 1. The second-order valence-electron chi connectivity index (χ2n) is 4.99. The average molecular weight is 316 g/mol. The number of nitrogens with zero attached hydrogens (tertiary/aromatic N) is 1. The number of benzene rings is 2. The molecule has 120 valence electrons. The first kappa shape index (κ1) is 16.4. The highest BCUT2D eigenvalue weighted by Crippen LogP contribution is 2.20. The molecule has 7 nitrogen and oxygen atoms in total. The molecule has 3 N–H and O–H groups in total. The van der Waals surface area contributed by atoms with Gasteiger partial charge < -0.3 is 15.6 Å². The van der Waals surface area contributed by atoms with Crippen LogP contribution in [0.2, 0.25) is 0 Å². The molecule has 0 aliphatic heterocycles. The first-order chi connectivity index (χ1) is 11.0. The van der Waals surface area contributed by atoms with E-state index in [4.69, 9.17) is 15.6 Å². The third-order valence-corrected chi connectivity index (χ3v) is 3.26. The molecule has 0 saturated carbocycles. The van der Waals surface area contributed by atoms with Crippen molar-refractivity contribution in [2.75, 3.05) is 0 Å². The molecule has 7 heteroatoms. The third-order valence-electron chi connectivity index (χ3n) is 3.26. The van der Waals surface area contributed by atoms with Crippen LogP contribution >= 0.6 is 0 Å². The van der Waals surface area contributed by atoms with E-state index in [1.165, 1.54) is 12.1 Å². The van der Waals surface area contributed by atoms with Crippen LogP contribution in [0.1, 0.15) is 23.6 Å². The Morgan fingerprint density at radius 2 is 1.78 bits per heavy atom. The van der Waals surface area contributed by atoms with Crippen LogP contribution in [0.25, 0.3) is 0 Å². The van der Waals surface area contributed by atoms with Gasteiger partial charge in [0.25, 0.3) is 5.69 Å². The third kappa shape index (κ3) is 4.79. The SMILES string of the molecule is NC(CC(=O)O)c1ccc(OCc2ccc([N+](=O)[O-])cc2)cc1. The van der Waals surface area contributed by atoms with Crippen LogP contribution in [0.15, 0.2) is 48.5 Å². The lowest BCUT2D eigenvalue weighted by Gasteiger charge is -2.11. The highest BCUT2D eigenvalue weighted by atomic mass is 16.6. The van der Waals surface area contributed by atoms with Gasteiger partial charge in [-0.1, -0.05) is 12.1 Å². The topological polar surface area (TPSA) is 116 Å². The van der Waals surface area contributed by atoms with Crippen molar-refractivity contribution < 1.29 is 19.6 Å². The Morgan fingerprint density at radius 1 is 1.17 bits per heavy atom. The zero-order chi connectivity index (χ0) is 16.8. The number of ether oxygens (including phenoxy) is 1. The van der Waals surface area contributed by atoms with E-state index in [0.29, 0.717) is 5.75 Å². The molecule has 0 aliphatic carbocycles. The fourth-order valence-corrected chi connectivity index (χ4v) is 2.00. The molecule has 0 aromatic heterocycles. The lowest BCUT2D eigenvalue weighted by Crippen LogP contribution is -2.14. The van der Waals surface area contributed by atoms with Crippen LogP contribution < -0.4 is 10.5 Å². The molecule has 0 spiro atoms. The summed E-state index contributed by atoms with van der Waals surface area (Å²) in [7, 11) is 0. The normalized spacial score (nSPS) is 11.7. The monoisotopic (exact) mass is 316 g/mol. The lowest BCUT2D eigenvalue weighted by atomic mass is 10.0. The maximum Gasteiger partial charge on any atom is 0.305 e. The number of non-ortho nitro benzene ring substituents is 1. The van der Waals surface area contributed by atoms with Gasteiger partial charge in [-0.3, -0.25) is 14.9 Å². The first-order valence-corrected chi connectivity index (χ1v) is 6.89. The molecule has 0 radical (unpaired) electrons.